The van der Waals surface area contributed by atoms with Crippen LogP contribution >= 0.6 is 0 Å². The molecule has 7 heteroatoms. The lowest BCUT2D eigenvalue weighted by molar-refractivity contribution is 0.106. The van der Waals surface area contributed by atoms with Gasteiger partial charge >= 0.3 is 0 Å². The number of halogens is 4. The van der Waals surface area contributed by atoms with Crippen molar-refractivity contribution in [3.63, 3.8) is 0 Å². The van der Waals surface area contributed by atoms with Crippen molar-refractivity contribution >= 4 is 0 Å². The molecule has 0 radical (unpaired) electrons. The molecule has 0 unspecified atom stereocenters. The molecular formula is C11H14F4N2O. The van der Waals surface area contributed by atoms with E-state index in [1.807, 2.05) is 0 Å². The molecule has 1 rings (SSSR count). The van der Waals surface area contributed by atoms with Crippen molar-refractivity contribution in [3.05, 3.63) is 23.5 Å². The zero-order valence-corrected chi connectivity index (χ0v) is 10.5. The molecule has 1 aromatic rings. The summed E-state index contributed by atoms with van der Waals surface area (Å²) in [4.78, 5) is 4.19. The Kier molecular flexibility index (Phi) is 4.16. The van der Waals surface area contributed by atoms with Crippen LogP contribution < -0.4 is 4.74 Å². The van der Waals surface area contributed by atoms with E-state index in [0.29, 0.717) is 0 Å². The number of ether oxygens (including phenoxy) is 1. The van der Waals surface area contributed by atoms with Crippen LogP contribution in [-0.4, -0.2) is 36.1 Å². The molecule has 0 spiro atoms. The topological polar surface area (TPSA) is 25.4 Å². The monoisotopic (exact) mass is 266 g/mol. The van der Waals surface area contributed by atoms with Crippen LogP contribution in [0.5, 0.6) is 5.75 Å². The summed E-state index contributed by atoms with van der Waals surface area (Å²) in [6.07, 6.45) is 0. The van der Waals surface area contributed by atoms with E-state index in [0.717, 1.165) is 0 Å². The minimum Gasteiger partial charge on any atom is -0.485 e. The molecule has 0 atom stereocenters. The number of aromatic nitrogens is 1. The summed E-state index contributed by atoms with van der Waals surface area (Å²) in [5.41, 5.74) is -0.560. The van der Waals surface area contributed by atoms with Crippen molar-refractivity contribution in [2.45, 2.75) is 19.4 Å². The molecule has 0 aromatic carbocycles. The minimum atomic E-state index is -1.73. The van der Waals surface area contributed by atoms with E-state index in [4.69, 9.17) is 4.74 Å². The Morgan fingerprint density at radius 1 is 1.06 bits per heavy atom. The van der Waals surface area contributed by atoms with Crippen LogP contribution in [0.15, 0.2) is 0 Å². The van der Waals surface area contributed by atoms with Gasteiger partial charge in [-0.2, -0.15) is 22.5 Å². The van der Waals surface area contributed by atoms with Gasteiger partial charge in [0.1, 0.15) is 6.61 Å². The smallest absolute Gasteiger partial charge is 0.255 e. The largest absolute Gasteiger partial charge is 0.485 e. The lowest BCUT2D eigenvalue weighted by Crippen LogP contribution is -2.43. The summed E-state index contributed by atoms with van der Waals surface area (Å²) < 4.78 is 56.9. The van der Waals surface area contributed by atoms with Crippen LogP contribution in [0.4, 0.5) is 17.6 Å². The first-order valence-electron chi connectivity index (χ1n) is 5.17. The van der Waals surface area contributed by atoms with E-state index < -0.39 is 34.8 Å². The lowest BCUT2D eigenvalue weighted by Gasteiger charge is -2.32. The van der Waals surface area contributed by atoms with Crippen LogP contribution in [0, 0.1) is 23.5 Å². The van der Waals surface area contributed by atoms with Gasteiger partial charge in [-0.05, 0) is 27.9 Å². The third-order valence-electron chi connectivity index (χ3n) is 2.74. The fourth-order valence-corrected chi connectivity index (χ4v) is 0.973. The second-order valence-corrected chi connectivity index (χ2v) is 4.65. The molecule has 1 aromatic heterocycles. The van der Waals surface area contributed by atoms with Crippen LogP contribution in [-0.2, 0) is 0 Å². The summed E-state index contributed by atoms with van der Waals surface area (Å²) in [5.74, 6) is -7.82. The molecule has 18 heavy (non-hydrogen) atoms. The van der Waals surface area contributed by atoms with E-state index >= 15 is 0 Å². The third kappa shape index (κ3) is 2.90. The highest BCUT2D eigenvalue weighted by Gasteiger charge is 2.26. The van der Waals surface area contributed by atoms with Crippen molar-refractivity contribution in [2.75, 3.05) is 20.7 Å². The number of hydrogen-bond donors (Lipinski definition) is 0. The second-order valence-electron chi connectivity index (χ2n) is 4.65. The number of pyridine rings is 1. The van der Waals surface area contributed by atoms with Gasteiger partial charge in [-0.15, -0.1) is 0 Å². The van der Waals surface area contributed by atoms with Crippen LogP contribution in [0.2, 0.25) is 0 Å². The predicted octanol–water partition coefficient (Wildman–Crippen LogP) is 2.36. The van der Waals surface area contributed by atoms with E-state index in [1.54, 1.807) is 32.8 Å². The molecular weight excluding hydrogens is 252 g/mol. The fourth-order valence-electron chi connectivity index (χ4n) is 0.973. The minimum absolute atomic E-state index is 0.142. The summed E-state index contributed by atoms with van der Waals surface area (Å²) >= 11 is 0. The maximum absolute atomic E-state index is 13.2. The number of rotatable bonds is 4. The molecule has 3 nitrogen and oxygen atoms in total. The maximum Gasteiger partial charge on any atom is 0.255 e. The Morgan fingerprint density at radius 3 is 1.89 bits per heavy atom. The first-order chi connectivity index (χ1) is 8.16. The van der Waals surface area contributed by atoms with Crippen LogP contribution in [0.1, 0.15) is 13.8 Å². The average Bonchev–Trinajstić information content (AvgIpc) is 2.26. The van der Waals surface area contributed by atoms with Crippen molar-refractivity contribution in [1.82, 2.24) is 9.88 Å². The van der Waals surface area contributed by atoms with Crippen molar-refractivity contribution < 1.29 is 22.3 Å². The highest BCUT2D eigenvalue weighted by Crippen LogP contribution is 2.25. The average molecular weight is 266 g/mol. The van der Waals surface area contributed by atoms with Gasteiger partial charge in [0.2, 0.25) is 17.4 Å². The number of likely N-dealkylation sites (N-methyl/N-ethyl adjacent to an activating group) is 1. The molecule has 0 saturated carbocycles. The number of nitrogens with zero attached hydrogens (tertiary/aromatic N) is 2. The maximum atomic E-state index is 13.2. The molecule has 0 aliphatic carbocycles. The summed E-state index contributed by atoms with van der Waals surface area (Å²) in [7, 11) is 3.48. The Labute approximate surface area is 102 Å². The molecule has 0 aliphatic rings. The normalized spacial score (nSPS) is 12.1. The highest BCUT2D eigenvalue weighted by atomic mass is 19.2. The third-order valence-corrected chi connectivity index (χ3v) is 2.74. The zero-order valence-electron chi connectivity index (χ0n) is 10.5. The molecule has 1 heterocycles. The lowest BCUT2D eigenvalue weighted by atomic mass is 10.1. The first-order valence-corrected chi connectivity index (χ1v) is 5.17. The van der Waals surface area contributed by atoms with Gasteiger partial charge in [-0.25, -0.2) is 0 Å². The molecule has 0 N–H and O–H groups in total. The summed E-state index contributed by atoms with van der Waals surface area (Å²) in [6, 6.07) is 0. The van der Waals surface area contributed by atoms with Gasteiger partial charge in [0.15, 0.2) is 0 Å². The van der Waals surface area contributed by atoms with Crippen molar-refractivity contribution in [1.29, 1.82) is 0 Å². The highest BCUT2D eigenvalue weighted by molar-refractivity contribution is 5.24. The summed E-state index contributed by atoms with van der Waals surface area (Å²) in [5, 5.41) is 0. The molecule has 102 valence electrons. The molecule has 0 aliphatic heterocycles. The van der Waals surface area contributed by atoms with Crippen LogP contribution in [0.3, 0.4) is 0 Å². The molecule has 0 fully saturated rings. The van der Waals surface area contributed by atoms with E-state index in [9.17, 15) is 17.6 Å². The van der Waals surface area contributed by atoms with E-state index in [2.05, 4.69) is 4.98 Å². The summed E-state index contributed by atoms with van der Waals surface area (Å²) in [6.45, 7) is 3.35. The van der Waals surface area contributed by atoms with Crippen molar-refractivity contribution in [3.8, 4) is 5.75 Å². The number of hydrogen-bond acceptors (Lipinski definition) is 3. The van der Waals surface area contributed by atoms with E-state index in [1.165, 1.54) is 0 Å². The van der Waals surface area contributed by atoms with Crippen LogP contribution in [0.25, 0.3) is 0 Å². The first kappa shape index (κ1) is 14.7. The Balaban J connectivity index is 2.99. The Morgan fingerprint density at radius 2 is 1.50 bits per heavy atom. The molecule has 0 saturated heterocycles. The van der Waals surface area contributed by atoms with Gasteiger partial charge in [0.05, 0.1) is 0 Å². The van der Waals surface area contributed by atoms with Gasteiger partial charge in [0.25, 0.3) is 11.9 Å². The second kappa shape index (κ2) is 5.09. The van der Waals surface area contributed by atoms with Gasteiger partial charge < -0.3 is 9.64 Å². The quantitative estimate of drug-likeness (QED) is 0.618. The van der Waals surface area contributed by atoms with Crippen molar-refractivity contribution in [2.24, 2.45) is 0 Å². The van der Waals surface area contributed by atoms with Gasteiger partial charge in [-0.1, -0.05) is 0 Å². The Hall–Kier alpha value is -1.37. The molecule has 0 bridgehead atoms. The predicted molar refractivity (Wildman–Crippen MR) is 57.3 cm³/mol. The van der Waals surface area contributed by atoms with Gasteiger partial charge in [0, 0.05) is 5.54 Å². The van der Waals surface area contributed by atoms with Gasteiger partial charge in [-0.3, -0.25) is 0 Å². The standard InChI is InChI=1S/C11H14F4N2O/c1-11(2,17(3)4)5-18-8-6(12)9(14)16-10(15)7(8)13/h5H2,1-4H3. The SMILES string of the molecule is CN(C)C(C)(C)COc1c(F)c(F)nc(F)c1F. The fraction of sp³-hybridized carbons (Fsp3) is 0.545. The zero-order chi connectivity index (χ0) is 14.1. The molecule has 0 amide bonds. The van der Waals surface area contributed by atoms with E-state index in [-0.39, 0.29) is 6.61 Å². The Bertz CT molecular complexity index is 423.